The SMILES string of the molecule is CC(=O)c1cccc2c3c(n(C)c12)N1CCC3CC1. The maximum absolute atomic E-state index is 11.9. The molecule has 2 aromatic rings. The molecule has 0 radical (unpaired) electrons. The molecule has 0 spiro atoms. The summed E-state index contributed by atoms with van der Waals surface area (Å²) in [4.78, 5) is 14.4. The Bertz CT molecular complexity index is 690. The first kappa shape index (κ1) is 11.1. The lowest BCUT2D eigenvalue weighted by Gasteiger charge is -2.41. The third-order valence-electron chi connectivity index (χ3n) is 4.80. The van der Waals surface area contributed by atoms with Crippen molar-refractivity contribution in [2.24, 2.45) is 7.05 Å². The lowest BCUT2D eigenvalue weighted by Crippen LogP contribution is -2.39. The second kappa shape index (κ2) is 3.62. The first-order valence-corrected chi connectivity index (χ1v) is 7.05. The van der Waals surface area contributed by atoms with E-state index in [9.17, 15) is 4.79 Å². The number of carbonyl (C=O) groups is 1. The number of para-hydroxylation sites is 1. The highest BCUT2D eigenvalue weighted by molar-refractivity contribution is 6.08. The van der Waals surface area contributed by atoms with Gasteiger partial charge in [0.15, 0.2) is 5.78 Å². The molecule has 3 aliphatic heterocycles. The number of rotatable bonds is 1. The van der Waals surface area contributed by atoms with Crippen LogP contribution >= 0.6 is 0 Å². The first-order chi connectivity index (χ1) is 9.18. The molecule has 4 heterocycles. The fourth-order valence-corrected chi connectivity index (χ4v) is 3.98. The van der Waals surface area contributed by atoms with E-state index in [-0.39, 0.29) is 5.78 Å². The van der Waals surface area contributed by atoms with E-state index >= 15 is 0 Å². The first-order valence-electron chi connectivity index (χ1n) is 7.05. The molecule has 0 atom stereocenters. The average Bonchev–Trinajstić information content (AvgIpc) is 2.76. The summed E-state index contributed by atoms with van der Waals surface area (Å²) in [6, 6.07) is 6.16. The van der Waals surface area contributed by atoms with Crippen LogP contribution in [0.1, 0.15) is 41.6 Å². The summed E-state index contributed by atoms with van der Waals surface area (Å²) in [5.74, 6) is 2.20. The van der Waals surface area contributed by atoms with Crippen molar-refractivity contribution in [1.82, 2.24) is 4.57 Å². The van der Waals surface area contributed by atoms with Crippen LogP contribution in [0.3, 0.4) is 0 Å². The number of carbonyl (C=O) groups excluding carboxylic acids is 1. The minimum atomic E-state index is 0.158. The molecule has 0 unspecified atom stereocenters. The monoisotopic (exact) mass is 254 g/mol. The maximum Gasteiger partial charge on any atom is 0.161 e. The van der Waals surface area contributed by atoms with Gasteiger partial charge >= 0.3 is 0 Å². The van der Waals surface area contributed by atoms with Crippen LogP contribution in [0.4, 0.5) is 5.82 Å². The number of anilines is 1. The highest BCUT2D eigenvalue weighted by Gasteiger charge is 2.35. The van der Waals surface area contributed by atoms with Crippen molar-refractivity contribution in [2.45, 2.75) is 25.7 Å². The second-order valence-corrected chi connectivity index (χ2v) is 5.82. The van der Waals surface area contributed by atoms with E-state index in [0.29, 0.717) is 5.92 Å². The summed E-state index contributed by atoms with van der Waals surface area (Å²) in [7, 11) is 2.11. The summed E-state index contributed by atoms with van der Waals surface area (Å²) >= 11 is 0. The number of ketones is 1. The van der Waals surface area contributed by atoms with E-state index < -0.39 is 0 Å². The fourth-order valence-electron chi connectivity index (χ4n) is 3.98. The predicted molar refractivity (Wildman–Crippen MR) is 77.1 cm³/mol. The van der Waals surface area contributed by atoms with Gasteiger partial charge in [0.1, 0.15) is 5.82 Å². The van der Waals surface area contributed by atoms with E-state index in [2.05, 4.69) is 22.6 Å². The van der Waals surface area contributed by atoms with Gasteiger partial charge in [-0.15, -0.1) is 0 Å². The molecule has 0 N–H and O–H groups in total. The van der Waals surface area contributed by atoms with Gasteiger partial charge in [-0.05, 0) is 31.7 Å². The molecule has 3 nitrogen and oxygen atoms in total. The Morgan fingerprint density at radius 2 is 2.00 bits per heavy atom. The minimum Gasteiger partial charge on any atom is -0.358 e. The van der Waals surface area contributed by atoms with Gasteiger partial charge in [0.05, 0.1) is 5.52 Å². The lowest BCUT2D eigenvalue weighted by molar-refractivity contribution is 0.101. The van der Waals surface area contributed by atoms with Crippen molar-refractivity contribution in [1.29, 1.82) is 0 Å². The molecule has 98 valence electrons. The van der Waals surface area contributed by atoms with Gasteiger partial charge in [-0.3, -0.25) is 4.79 Å². The number of hydrogen-bond acceptors (Lipinski definition) is 2. The van der Waals surface area contributed by atoms with Crippen molar-refractivity contribution in [3.63, 3.8) is 0 Å². The normalized spacial score (nSPS) is 18.1. The Hall–Kier alpha value is -1.77. The van der Waals surface area contributed by atoms with E-state index in [1.165, 1.54) is 29.6 Å². The number of aromatic nitrogens is 1. The summed E-state index contributed by atoms with van der Waals surface area (Å²) in [6.45, 7) is 3.99. The van der Waals surface area contributed by atoms with Crippen LogP contribution < -0.4 is 4.90 Å². The number of aryl methyl sites for hydroxylation is 1. The van der Waals surface area contributed by atoms with Gasteiger partial charge in [0.25, 0.3) is 0 Å². The van der Waals surface area contributed by atoms with Crippen LogP contribution in [-0.2, 0) is 7.05 Å². The zero-order valence-electron chi connectivity index (χ0n) is 11.4. The number of Topliss-reactive ketones (excluding diaryl/α,β-unsaturated/α-hetero) is 1. The molecule has 2 bridgehead atoms. The minimum absolute atomic E-state index is 0.158. The van der Waals surface area contributed by atoms with E-state index in [1.807, 2.05) is 12.1 Å². The maximum atomic E-state index is 11.9. The molecule has 3 heteroatoms. The van der Waals surface area contributed by atoms with Crippen LogP contribution in [0.5, 0.6) is 0 Å². The van der Waals surface area contributed by atoms with Gasteiger partial charge in [-0.25, -0.2) is 0 Å². The Morgan fingerprint density at radius 1 is 1.26 bits per heavy atom. The summed E-state index contributed by atoms with van der Waals surface area (Å²) in [5.41, 5.74) is 3.46. The van der Waals surface area contributed by atoms with Crippen LogP contribution in [0, 0.1) is 0 Å². The van der Waals surface area contributed by atoms with E-state index in [0.717, 1.165) is 24.2 Å². The van der Waals surface area contributed by atoms with E-state index in [4.69, 9.17) is 0 Å². The third-order valence-corrected chi connectivity index (χ3v) is 4.80. The average molecular weight is 254 g/mol. The molecule has 19 heavy (non-hydrogen) atoms. The molecule has 1 aromatic heterocycles. The van der Waals surface area contributed by atoms with Gasteiger partial charge in [-0.2, -0.15) is 0 Å². The molecule has 0 amide bonds. The highest BCUT2D eigenvalue weighted by Crippen LogP contribution is 2.47. The van der Waals surface area contributed by atoms with E-state index in [1.54, 1.807) is 6.92 Å². The molecule has 0 aliphatic carbocycles. The molecule has 1 saturated heterocycles. The zero-order valence-corrected chi connectivity index (χ0v) is 11.4. The predicted octanol–water partition coefficient (Wildman–Crippen LogP) is 3.08. The van der Waals surface area contributed by atoms with Crippen LogP contribution in [0.2, 0.25) is 0 Å². The Balaban J connectivity index is 2.14. The van der Waals surface area contributed by atoms with Crippen molar-refractivity contribution in [3.8, 4) is 0 Å². The number of benzene rings is 1. The van der Waals surface area contributed by atoms with Crippen molar-refractivity contribution >= 4 is 22.5 Å². The fraction of sp³-hybridized carbons (Fsp3) is 0.438. The molecular weight excluding hydrogens is 236 g/mol. The topological polar surface area (TPSA) is 25.2 Å². The number of hydrogen-bond donors (Lipinski definition) is 0. The Labute approximate surface area is 112 Å². The molecule has 0 saturated carbocycles. The largest absolute Gasteiger partial charge is 0.358 e. The smallest absolute Gasteiger partial charge is 0.161 e. The number of piperidine rings is 1. The zero-order chi connectivity index (χ0) is 13.1. The van der Waals surface area contributed by atoms with Gasteiger partial charge in [-0.1, -0.05) is 12.1 Å². The third kappa shape index (κ3) is 1.30. The summed E-state index contributed by atoms with van der Waals surface area (Å²) < 4.78 is 2.24. The molecular formula is C16H18N2O. The van der Waals surface area contributed by atoms with Crippen molar-refractivity contribution in [3.05, 3.63) is 29.3 Å². The number of fused-ring (bicyclic) bond motifs is 3. The van der Waals surface area contributed by atoms with Gasteiger partial charge in [0, 0.05) is 36.7 Å². The van der Waals surface area contributed by atoms with Crippen LogP contribution in [-0.4, -0.2) is 23.4 Å². The molecule has 3 aliphatic rings. The van der Waals surface area contributed by atoms with Crippen molar-refractivity contribution < 1.29 is 4.79 Å². The second-order valence-electron chi connectivity index (χ2n) is 5.82. The standard InChI is InChI=1S/C16H18N2O/c1-10(19)12-4-3-5-13-14-11-6-8-18(9-7-11)16(14)17(2)15(12)13/h3-5,11H,6-9H2,1-2H3. The molecule has 1 aromatic carbocycles. The number of nitrogens with zero attached hydrogens (tertiary/aromatic N) is 2. The lowest BCUT2D eigenvalue weighted by atomic mass is 9.84. The molecule has 5 rings (SSSR count). The molecule has 1 fully saturated rings. The Morgan fingerprint density at radius 3 is 2.68 bits per heavy atom. The van der Waals surface area contributed by atoms with Gasteiger partial charge in [0.2, 0.25) is 0 Å². The summed E-state index contributed by atoms with van der Waals surface area (Å²) in [5, 5.41) is 1.29. The Kier molecular flexibility index (Phi) is 2.12. The van der Waals surface area contributed by atoms with Crippen molar-refractivity contribution in [2.75, 3.05) is 18.0 Å². The summed E-state index contributed by atoms with van der Waals surface area (Å²) in [6.07, 6.45) is 2.52. The quantitative estimate of drug-likeness (QED) is 0.731. The van der Waals surface area contributed by atoms with Gasteiger partial charge < -0.3 is 9.47 Å². The van der Waals surface area contributed by atoms with Crippen LogP contribution in [0.25, 0.3) is 10.9 Å². The highest BCUT2D eigenvalue weighted by atomic mass is 16.1. The van der Waals surface area contributed by atoms with Crippen LogP contribution in [0.15, 0.2) is 18.2 Å².